The lowest BCUT2D eigenvalue weighted by molar-refractivity contribution is 0.704. The highest BCUT2D eigenvalue weighted by Crippen LogP contribution is 2.49. The molecule has 53 heavy (non-hydrogen) atoms. The van der Waals surface area contributed by atoms with Gasteiger partial charge >= 0.3 is 0 Å². The third-order valence-corrected chi connectivity index (χ3v) is 11.5. The molecule has 1 nitrogen and oxygen atoms in total. The quantitative estimate of drug-likeness (QED) is 0.162. The average molecular weight is 682 g/mol. The molecule has 0 saturated heterocycles. The molecule has 1 heteroatoms. The number of anilines is 3. The molecule has 0 fully saturated rings. The molecule has 9 rings (SSSR count). The summed E-state index contributed by atoms with van der Waals surface area (Å²) in [4.78, 5) is 2.34. The van der Waals surface area contributed by atoms with E-state index < -0.39 is 0 Å². The van der Waals surface area contributed by atoms with Crippen LogP contribution in [0.2, 0.25) is 0 Å². The number of fused-ring (bicyclic) bond motifs is 2. The molecule has 0 saturated carbocycles. The summed E-state index contributed by atoms with van der Waals surface area (Å²) in [6.07, 6.45) is 4.73. The summed E-state index contributed by atoms with van der Waals surface area (Å²) in [7, 11) is 0. The first-order chi connectivity index (χ1) is 25.8. The third-order valence-electron chi connectivity index (χ3n) is 11.5. The van der Waals surface area contributed by atoms with E-state index >= 15 is 0 Å². The van der Waals surface area contributed by atoms with Gasteiger partial charge in [-0.2, -0.15) is 0 Å². The highest BCUT2D eigenvalue weighted by atomic mass is 15.1. The van der Waals surface area contributed by atoms with Gasteiger partial charge in [0.15, 0.2) is 0 Å². The fourth-order valence-electron chi connectivity index (χ4n) is 8.52. The molecule has 2 aliphatic rings. The van der Waals surface area contributed by atoms with Gasteiger partial charge in [-0.1, -0.05) is 155 Å². The molecule has 0 aliphatic heterocycles. The minimum atomic E-state index is -0.0685. The van der Waals surface area contributed by atoms with Crippen molar-refractivity contribution in [2.75, 3.05) is 4.90 Å². The molecule has 256 valence electrons. The smallest absolute Gasteiger partial charge is 0.0462 e. The SMILES string of the molecule is CC1(C)C(c2ccccc2)=Cc2ccc(-c3ccc(N(c4ccccc4)c4ccc(-c5ccc6c(c5)C(C)(C)C(c5ccccc5)=C6)cc4)cc3)cc21. The van der Waals surface area contributed by atoms with Crippen molar-refractivity contribution < 1.29 is 0 Å². The number of hydrogen-bond acceptors (Lipinski definition) is 1. The molecule has 0 spiro atoms. The molecule has 7 aromatic carbocycles. The first-order valence-corrected chi connectivity index (χ1v) is 18.7. The summed E-state index contributed by atoms with van der Waals surface area (Å²) in [5.41, 5.74) is 18.9. The van der Waals surface area contributed by atoms with Crippen LogP contribution in [0.25, 0.3) is 45.6 Å². The Morgan fingerprint density at radius 1 is 0.321 bits per heavy atom. The molecule has 0 radical (unpaired) electrons. The third kappa shape index (κ3) is 5.74. The van der Waals surface area contributed by atoms with Crippen molar-refractivity contribution in [2.24, 2.45) is 0 Å². The largest absolute Gasteiger partial charge is 0.311 e. The van der Waals surface area contributed by atoms with Crippen LogP contribution in [0.4, 0.5) is 17.1 Å². The zero-order valence-electron chi connectivity index (χ0n) is 30.8. The molecule has 0 bridgehead atoms. The van der Waals surface area contributed by atoms with Crippen molar-refractivity contribution >= 4 is 40.4 Å². The number of allylic oxidation sites excluding steroid dienone is 2. The van der Waals surface area contributed by atoms with E-state index in [1.165, 1.54) is 66.8 Å². The normalized spacial score (nSPS) is 14.9. The zero-order valence-corrected chi connectivity index (χ0v) is 30.8. The number of nitrogens with zero attached hydrogens (tertiary/aromatic N) is 1. The topological polar surface area (TPSA) is 3.24 Å². The molecule has 0 atom stereocenters. The maximum atomic E-state index is 2.39. The Balaban J connectivity index is 1.000. The van der Waals surface area contributed by atoms with E-state index in [2.05, 4.69) is 221 Å². The predicted molar refractivity (Wildman–Crippen MR) is 227 cm³/mol. The predicted octanol–water partition coefficient (Wildman–Crippen LogP) is 14.2. The van der Waals surface area contributed by atoms with E-state index in [-0.39, 0.29) is 10.8 Å². The van der Waals surface area contributed by atoms with Crippen molar-refractivity contribution in [1.29, 1.82) is 0 Å². The molecule has 2 aliphatic carbocycles. The summed E-state index contributed by atoms with van der Waals surface area (Å²) >= 11 is 0. The van der Waals surface area contributed by atoms with Gasteiger partial charge in [0, 0.05) is 27.9 Å². The second kappa shape index (κ2) is 12.8. The Morgan fingerprint density at radius 2 is 0.660 bits per heavy atom. The van der Waals surface area contributed by atoms with E-state index in [0.717, 1.165) is 17.1 Å². The summed E-state index contributed by atoms with van der Waals surface area (Å²) in [5.74, 6) is 0. The van der Waals surface area contributed by atoms with Gasteiger partial charge in [-0.3, -0.25) is 0 Å². The number of benzene rings is 7. The molecule has 0 N–H and O–H groups in total. The van der Waals surface area contributed by atoms with Crippen LogP contribution in [0.15, 0.2) is 176 Å². The highest BCUT2D eigenvalue weighted by molar-refractivity contribution is 5.96. The van der Waals surface area contributed by atoms with Crippen LogP contribution in [0.5, 0.6) is 0 Å². The van der Waals surface area contributed by atoms with Gasteiger partial charge in [0.05, 0.1) is 0 Å². The Hall–Kier alpha value is -6.18. The second-order valence-corrected chi connectivity index (χ2v) is 15.5. The lowest BCUT2D eigenvalue weighted by atomic mass is 9.78. The lowest BCUT2D eigenvalue weighted by Gasteiger charge is -2.27. The fourth-order valence-corrected chi connectivity index (χ4v) is 8.52. The molecular formula is C52H43N. The fraction of sp³-hybridized carbons (Fsp3) is 0.115. The van der Waals surface area contributed by atoms with Crippen molar-refractivity contribution in [3.8, 4) is 22.3 Å². The van der Waals surface area contributed by atoms with E-state index in [1.807, 2.05) is 0 Å². The van der Waals surface area contributed by atoms with Crippen LogP contribution < -0.4 is 4.90 Å². The van der Waals surface area contributed by atoms with E-state index in [0.29, 0.717) is 0 Å². The summed E-state index contributed by atoms with van der Waals surface area (Å²) < 4.78 is 0. The van der Waals surface area contributed by atoms with Gasteiger partial charge in [0.2, 0.25) is 0 Å². The standard InChI is InChI=1S/C52H43N/c1-51(2)47(38-14-8-5-9-15-38)34-42-22-20-40(32-49(42)51)36-24-28-45(29-25-36)53(44-18-12-7-13-19-44)46-30-26-37(27-31-46)41-21-23-43-35-48(39-16-10-6-11-17-39)52(3,4)50(43)33-41/h5-35H,1-4H3. The lowest BCUT2D eigenvalue weighted by Crippen LogP contribution is -2.16. The van der Waals surface area contributed by atoms with Gasteiger partial charge in [-0.05, 0) is 127 Å². The first-order valence-electron chi connectivity index (χ1n) is 18.7. The van der Waals surface area contributed by atoms with E-state index in [9.17, 15) is 0 Å². The Labute approximate surface area is 314 Å². The molecule has 0 aromatic heterocycles. The molecule has 0 amide bonds. The molecule has 0 unspecified atom stereocenters. The second-order valence-electron chi connectivity index (χ2n) is 15.5. The van der Waals surface area contributed by atoms with Crippen molar-refractivity contribution in [3.63, 3.8) is 0 Å². The van der Waals surface area contributed by atoms with Crippen molar-refractivity contribution in [2.45, 2.75) is 38.5 Å². The van der Waals surface area contributed by atoms with Crippen LogP contribution in [0, 0.1) is 0 Å². The van der Waals surface area contributed by atoms with Gasteiger partial charge < -0.3 is 4.90 Å². The van der Waals surface area contributed by atoms with Gasteiger partial charge in [0.1, 0.15) is 0 Å². The van der Waals surface area contributed by atoms with Crippen LogP contribution in [0.3, 0.4) is 0 Å². The molecule has 7 aromatic rings. The Bertz CT molecular complexity index is 2340. The maximum Gasteiger partial charge on any atom is 0.0462 e. The van der Waals surface area contributed by atoms with Crippen molar-refractivity contribution in [1.82, 2.24) is 0 Å². The molecular weight excluding hydrogens is 639 g/mol. The first kappa shape index (κ1) is 32.7. The monoisotopic (exact) mass is 681 g/mol. The Kier molecular flexibility index (Phi) is 7.90. The van der Waals surface area contributed by atoms with Gasteiger partial charge in [-0.15, -0.1) is 0 Å². The molecule has 0 heterocycles. The summed E-state index contributed by atoms with van der Waals surface area (Å²) in [6.45, 7) is 9.38. The van der Waals surface area contributed by atoms with E-state index in [1.54, 1.807) is 0 Å². The van der Waals surface area contributed by atoms with Gasteiger partial charge in [-0.25, -0.2) is 0 Å². The summed E-state index contributed by atoms with van der Waals surface area (Å²) in [6, 6.07) is 64.2. The highest BCUT2D eigenvalue weighted by Gasteiger charge is 2.35. The minimum absolute atomic E-state index is 0.0685. The van der Waals surface area contributed by atoms with Crippen LogP contribution in [-0.4, -0.2) is 0 Å². The van der Waals surface area contributed by atoms with Crippen molar-refractivity contribution in [3.05, 3.63) is 209 Å². The van der Waals surface area contributed by atoms with E-state index in [4.69, 9.17) is 0 Å². The van der Waals surface area contributed by atoms with Crippen LogP contribution in [0.1, 0.15) is 61.1 Å². The van der Waals surface area contributed by atoms with Crippen LogP contribution in [-0.2, 0) is 10.8 Å². The number of hydrogen-bond donors (Lipinski definition) is 0. The Morgan fingerprint density at radius 3 is 1.06 bits per heavy atom. The van der Waals surface area contributed by atoms with Gasteiger partial charge in [0.25, 0.3) is 0 Å². The maximum absolute atomic E-state index is 2.39. The summed E-state index contributed by atoms with van der Waals surface area (Å²) in [5, 5.41) is 0. The zero-order chi connectivity index (χ0) is 36.2. The van der Waals surface area contributed by atoms with Crippen LogP contribution >= 0.6 is 0 Å². The minimum Gasteiger partial charge on any atom is -0.311 e. The number of para-hydroxylation sites is 1. The number of rotatable bonds is 7. The average Bonchev–Trinajstić information content (AvgIpc) is 3.63.